The van der Waals surface area contributed by atoms with Crippen LogP contribution in [0.3, 0.4) is 0 Å². The molecule has 2 aliphatic rings. The summed E-state index contributed by atoms with van der Waals surface area (Å²) in [6, 6.07) is 2.89. The van der Waals surface area contributed by atoms with E-state index >= 15 is 0 Å². The SMILES string of the molecule is CC(C)(C)c1cc(C2(C(F)(F)F)CC2)no1.CC(C)(C)c1cc(C2(C(F)(F)F)CC2)on1. The van der Waals surface area contributed by atoms with Crippen LogP contribution >= 0.6 is 0 Å². The standard InChI is InChI=1S/2C11H14F3NO/c1-9(2,3)8-6-7(15-16-8)10(4-5-10)11(12,13)14;1-9(2,3)7-6-8(16-15-7)10(4-5-10)11(12,13)14/h2*6H,4-5H2,1-3H3. The molecular formula is C22H28F6N2O2. The second kappa shape index (κ2) is 7.25. The zero-order valence-electron chi connectivity index (χ0n) is 19.0. The van der Waals surface area contributed by atoms with Crippen molar-refractivity contribution in [3.8, 4) is 0 Å². The number of nitrogens with zero attached hydrogens (tertiary/aromatic N) is 2. The van der Waals surface area contributed by atoms with Gasteiger partial charge in [0, 0.05) is 23.0 Å². The summed E-state index contributed by atoms with van der Waals surface area (Å²) in [7, 11) is 0. The van der Waals surface area contributed by atoms with Crippen molar-refractivity contribution in [1.82, 2.24) is 10.3 Å². The molecule has 0 unspecified atom stereocenters. The third-order valence-corrected chi connectivity index (χ3v) is 6.08. The molecule has 0 amide bonds. The molecule has 0 atom stereocenters. The molecule has 10 heteroatoms. The molecule has 0 spiro atoms. The first-order chi connectivity index (χ1) is 14.3. The Bertz CT molecular complexity index is 870. The molecule has 2 saturated carbocycles. The maximum atomic E-state index is 12.8. The highest BCUT2D eigenvalue weighted by molar-refractivity contribution is 5.30. The Labute approximate surface area is 182 Å². The van der Waals surface area contributed by atoms with Gasteiger partial charge in [-0.3, -0.25) is 0 Å². The minimum atomic E-state index is -4.23. The number of aromatic nitrogens is 2. The molecule has 2 aromatic heterocycles. The van der Waals surface area contributed by atoms with Gasteiger partial charge in [-0.05, 0) is 25.7 Å². The summed E-state index contributed by atoms with van der Waals surface area (Å²) in [6.45, 7) is 11.3. The third kappa shape index (κ3) is 4.41. The fraction of sp³-hybridized carbons (Fsp3) is 0.727. The van der Waals surface area contributed by atoms with Crippen LogP contribution in [0.15, 0.2) is 21.2 Å². The summed E-state index contributed by atoms with van der Waals surface area (Å²) in [4.78, 5) is 0. The third-order valence-electron chi connectivity index (χ3n) is 6.08. The Kier molecular flexibility index (Phi) is 5.58. The van der Waals surface area contributed by atoms with Crippen molar-refractivity contribution in [3.63, 3.8) is 0 Å². The summed E-state index contributed by atoms with van der Waals surface area (Å²) in [5.41, 5.74) is -3.50. The van der Waals surface area contributed by atoms with Crippen LogP contribution < -0.4 is 0 Å². The van der Waals surface area contributed by atoms with Crippen molar-refractivity contribution in [1.29, 1.82) is 0 Å². The van der Waals surface area contributed by atoms with Crippen molar-refractivity contribution in [2.75, 3.05) is 0 Å². The molecule has 0 aromatic carbocycles. The Morgan fingerprint density at radius 2 is 1.19 bits per heavy atom. The number of hydrogen-bond donors (Lipinski definition) is 0. The molecule has 0 radical (unpaired) electrons. The second-order valence-corrected chi connectivity index (χ2v) is 10.8. The number of alkyl halides is 6. The number of hydrogen-bond acceptors (Lipinski definition) is 4. The van der Waals surface area contributed by atoms with Crippen LogP contribution in [0, 0.1) is 0 Å². The molecule has 2 aromatic rings. The molecular weight excluding hydrogens is 438 g/mol. The Morgan fingerprint density at radius 3 is 1.50 bits per heavy atom. The van der Waals surface area contributed by atoms with Crippen molar-refractivity contribution >= 4 is 0 Å². The van der Waals surface area contributed by atoms with Crippen LogP contribution in [0.2, 0.25) is 0 Å². The lowest BCUT2D eigenvalue weighted by Crippen LogP contribution is -2.28. The smallest absolute Gasteiger partial charge is 0.361 e. The summed E-state index contributed by atoms with van der Waals surface area (Å²) in [5.74, 6) is 0.461. The van der Waals surface area contributed by atoms with Crippen LogP contribution in [0.4, 0.5) is 26.3 Å². The summed E-state index contributed by atoms with van der Waals surface area (Å²) >= 11 is 0. The maximum absolute atomic E-state index is 12.8. The van der Waals surface area contributed by atoms with E-state index in [2.05, 4.69) is 10.3 Å². The van der Waals surface area contributed by atoms with Gasteiger partial charge in [-0.25, -0.2) is 0 Å². The van der Waals surface area contributed by atoms with Crippen molar-refractivity contribution < 1.29 is 35.4 Å². The molecule has 0 saturated heterocycles. The maximum Gasteiger partial charge on any atom is 0.401 e. The molecule has 2 fully saturated rings. The number of rotatable bonds is 2. The van der Waals surface area contributed by atoms with Crippen LogP contribution in [0.5, 0.6) is 0 Å². The molecule has 4 rings (SSSR count). The Morgan fingerprint density at radius 1 is 0.688 bits per heavy atom. The zero-order valence-corrected chi connectivity index (χ0v) is 19.0. The lowest BCUT2D eigenvalue weighted by Gasteiger charge is -2.16. The van der Waals surface area contributed by atoms with E-state index in [9.17, 15) is 26.3 Å². The lowest BCUT2D eigenvalue weighted by atomic mass is 9.91. The molecule has 0 N–H and O–H groups in total. The zero-order chi connectivity index (χ0) is 24.4. The predicted octanol–water partition coefficient (Wildman–Crippen LogP) is 7.13. The van der Waals surface area contributed by atoms with E-state index in [0.29, 0.717) is 11.5 Å². The van der Waals surface area contributed by atoms with Gasteiger partial charge in [-0.2, -0.15) is 26.3 Å². The Balaban J connectivity index is 0.000000181. The fourth-order valence-electron chi connectivity index (χ4n) is 3.31. The first-order valence-corrected chi connectivity index (χ1v) is 10.4. The van der Waals surface area contributed by atoms with E-state index in [1.54, 1.807) is 0 Å². The van der Waals surface area contributed by atoms with E-state index in [4.69, 9.17) is 9.05 Å². The number of halogens is 6. The highest BCUT2D eigenvalue weighted by Crippen LogP contribution is 2.59. The summed E-state index contributed by atoms with van der Waals surface area (Å²) in [5, 5.41) is 7.32. The topological polar surface area (TPSA) is 52.1 Å². The van der Waals surface area contributed by atoms with E-state index in [-0.39, 0.29) is 48.0 Å². The van der Waals surface area contributed by atoms with Crippen LogP contribution in [-0.2, 0) is 21.7 Å². The van der Waals surface area contributed by atoms with Gasteiger partial charge in [-0.15, -0.1) is 0 Å². The quantitative estimate of drug-likeness (QED) is 0.442. The molecule has 180 valence electrons. The van der Waals surface area contributed by atoms with Gasteiger partial charge in [0.2, 0.25) is 0 Å². The molecule has 2 aliphatic carbocycles. The van der Waals surface area contributed by atoms with E-state index in [1.807, 2.05) is 41.5 Å². The molecule has 2 heterocycles. The molecule has 0 bridgehead atoms. The summed E-state index contributed by atoms with van der Waals surface area (Å²) < 4.78 is 86.7. The van der Waals surface area contributed by atoms with E-state index < -0.39 is 23.2 Å². The van der Waals surface area contributed by atoms with Gasteiger partial charge < -0.3 is 9.05 Å². The minimum Gasteiger partial charge on any atom is -0.361 e. The minimum absolute atomic E-state index is 0.0323. The first kappa shape index (κ1) is 24.6. The summed E-state index contributed by atoms with van der Waals surface area (Å²) in [6.07, 6.45) is -8.01. The van der Waals surface area contributed by atoms with Crippen LogP contribution in [0.1, 0.15) is 90.1 Å². The normalized spacial score (nSPS) is 19.9. The van der Waals surface area contributed by atoms with E-state index in [0.717, 1.165) is 0 Å². The average Bonchev–Trinajstić information content (AvgIpc) is 3.49. The van der Waals surface area contributed by atoms with Crippen molar-refractivity contribution in [2.45, 2.75) is 101 Å². The first-order valence-electron chi connectivity index (χ1n) is 10.4. The fourth-order valence-corrected chi connectivity index (χ4v) is 3.31. The molecule has 0 aliphatic heterocycles. The van der Waals surface area contributed by atoms with Crippen LogP contribution in [0.25, 0.3) is 0 Å². The highest BCUT2D eigenvalue weighted by atomic mass is 19.4. The molecule has 4 nitrogen and oxygen atoms in total. The predicted molar refractivity (Wildman–Crippen MR) is 104 cm³/mol. The Hall–Kier alpha value is -2.00. The van der Waals surface area contributed by atoms with Gasteiger partial charge in [0.1, 0.15) is 16.6 Å². The van der Waals surface area contributed by atoms with Gasteiger partial charge in [-0.1, -0.05) is 51.9 Å². The molecule has 32 heavy (non-hydrogen) atoms. The van der Waals surface area contributed by atoms with Crippen LogP contribution in [-0.4, -0.2) is 22.7 Å². The second-order valence-electron chi connectivity index (χ2n) is 10.8. The van der Waals surface area contributed by atoms with Gasteiger partial charge in [0.25, 0.3) is 0 Å². The van der Waals surface area contributed by atoms with Crippen molar-refractivity contribution in [3.05, 3.63) is 35.0 Å². The average molecular weight is 466 g/mol. The lowest BCUT2D eigenvalue weighted by molar-refractivity contribution is -0.165. The van der Waals surface area contributed by atoms with E-state index in [1.165, 1.54) is 12.1 Å². The largest absolute Gasteiger partial charge is 0.401 e. The van der Waals surface area contributed by atoms with Gasteiger partial charge in [0.05, 0.1) is 11.4 Å². The van der Waals surface area contributed by atoms with Crippen molar-refractivity contribution in [2.24, 2.45) is 0 Å². The van der Waals surface area contributed by atoms with Gasteiger partial charge >= 0.3 is 12.4 Å². The highest BCUT2D eigenvalue weighted by Gasteiger charge is 2.67. The monoisotopic (exact) mass is 466 g/mol. The van der Waals surface area contributed by atoms with Gasteiger partial charge in [0.15, 0.2) is 5.76 Å².